The molecule has 1 saturated heterocycles. The number of nitriles is 1. The third-order valence-corrected chi connectivity index (χ3v) is 8.53. The molecule has 5 heterocycles. The van der Waals surface area contributed by atoms with Gasteiger partial charge in [-0.3, -0.25) is 0 Å². The zero-order valence-corrected chi connectivity index (χ0v) is 19.6. The van der Waals surface area contributed by atoms with Gasteiger partial charge >= 0.3 is 0 Å². The molecule has 0 bridgehead atoms. The average Bonchev–Trinajstić information content (AvgIpc) is 3.25. The van der Waals surface area contributed by atoms with Gasteiger partial charge in [-0.05, 0) is 26.8 Å². The minimum atomic E-state index is -3.58. The topological polar surface area (TPSA) is 134 Å². The number of morpholine rings is 1. The van der Waals surface area contributed by atoms with Crippen molar-refractivity contribution >= 4 is 26.7 Å². The molecule has 5 rings (SSSR count). The molecule has 0 radical (unpaired) electrons. The van der Waals surface area contributed by atoms with E-state index in [1.807, 2.05) is 6.92 Å². The molecule has 2 aliphatic heterocycles. The molecule has 0 aromatic carbocycles. The van der Waals surface area contributed by atoms with Gasteiger partial charge < -0.3 is 19.4 Å². The molecule has 1 fully saturated rings. The highest BCUT2D eigenvalue weighted by atomic mass is 32.2. The molecule has 3 aromatic heterocycles. The number of aromatic nitrogens is 4. The van der Waals surface area contributed by atoms with Crippen LogP contribution in [0, 0.1) is 11.3 Å². The number of nitrogens with zero attached hydrogens (tertiary/aromatic N) is 5. The minimum Gasteiger partial charge on any atom is -0.486 e. The van der Waals surface area contributed by atoms with Crippen molar-refractivity contribution in [1.82, 2.24) is 19.9 Å². The second-order valence-corrected chi connectivity index (χ2v) is 11.6. The third-order valence-electron chi connectivity index (χ3n) is 6.48. The molecule has 2 aliphatic rings. The summed E-state index contributed by atoms with van der Waals surface area (Å²) >= 11 is 0. The van der Waals surface area contributed by atoms with Gasteiger partial charge in [-0.1, -0.05) is 0 Å². The lowest BCUT2D eigenvalue weighted by Gasteiger charge is -2.45. The number of pyridine rings is 1. The van der Waals surface area contributed by atoms with Crippen LogP contribution in [0.5, 0.6) is 5.75 Å². The molecule has 0 spiro atoms. The number of nitrogens with one attached hydrogen (secondary N) is 1. The molecule has 3 aromatic rings. The van der Waals surface area contributed by atoms with Crippen molar-refractivity contribution in [2.24, 2.45) is 0 Å². The Morgan fingerprint density at radius 2 is 2.06 bits per heavy atom. The summed E-state index contributed by atoms with van der Waals surface area (Å²) < 4.78 is 36.0. The number of fused-ring (bicyclic) bond motifs is 4. The summed E-state index contributed by atoms with van der Waals surface area (Å²) in [7, 11) is -3.58. The molecule has 10 nitrogen and oxygen atoms in total. The molecule has 0 amide bonds. The van der Waals surface area contributed by atoms with Gasteiger partial charge in [0.05, 0.1) is 30.9 Å². The van der Waals surface area contributed by atoms with Gasteiger partial charge in [-0.25, -0.2) is 23.4 Å². The summed E-state index contributed by atoms with van der Waals surface area (Å²) in [5.41, 5.74) is 1.66. The minimum absolute atomic E-state index is 0.00324. The first-order valence-electron chi connectivity index (χ1n) is 10.6. The lowest BCUT2D eigenvalue weighted by molar-refractivity contribution is 0.0482. The molecule has 0 unspecified atom stereocenters. The van der Waals surface area contributed by atoms with E-state index < -0.39 is 14.6 Å². The maximum absolute atomic E-state index is 12.8. The molecular weight excluding hydrogens is 444 g/mol. The zero-order chi connectivity index (χ0) is 23.5. The first-order valence-corrected chi connectivity index (χ1v) is 12.5. The zero-order valence-electron chi connectivity index (χ0n) is 18.8. The smallest absolute Gasteiger partial charge is 0.185 e. The van der Waals surface area contributed by atoms with Crippen molar-refractivity contribution in [3.8, 4) is 23.2 Å². The summed E-state index contributed by atoms with van der Waals surface area (Å²) in [6.45, 7) is 6.58. The van der Waals surface area contributed by atoms with E-state index in [4.69, 9.17) is 19.4 Å². The Morgan fingerprint density at radius 1 is 1.27 bits per heavy atom. The molecule has 1 N–H and O–H groups in total. The van der Waals surface area contributed by atoms with Crippen LogP contribution in [0.15, 0.2) is 18.5 Å². The summed E-state index contributed by atoms with van der Waals surface area (Å²) in [4.78, 5) is 19.0. The van der Waals surface area contributed by atoms with Gasteiger partial charge in [-0.2, -0.15) is 5.26 Å². The van der Waals surface area contributed by atoms with Crippen LogP contribution in [0.1, 0.15) is 32.0 Å². The molecular formula is C22H24N6O4S. The average molecular weight is 469 g/mol. The number of ether oxygens (including phenoxy) is 2. The Kier molecular flexibility index (Phi) is 4.84. The predicted octanol–water partition coefficient (Wildman–Crippen LogP) is 2.16. The van der Waals surface area contributed by atoms with Crippen molar-refractivity contribution in [3.63, 3.8) is 0 Å². The fourth-order valence-electron chi connectivity index (χ4n) is 4.36. The Labute approximate surface area is 191 Å². The molecule has 172 valence electrons. The first-order chi connectivity index (χ1) is 15.6. The van der Waals surface area contributed by atoms with E-state index in [2.05, 4.69) is 20.9 Å². The highest BCUT2D eigenvalue weighted by molar-refractivity contribution is 7.91. The predicted molar refractivity (Wildman–Crippen MR) is 122 cm³/mol. The Balaban J connectivity index is 1.86. The molecule has 2 atom stereocenters. The van der Waals surface area contributed by atoms with Crippen molar-refractivity contribution in [3.05, 3.63) is 29.7 Å². The van der Waals surface area contributed by atoms with Gasteiger partial charge in [0.25, 0.3) is 0 Å². The number of sulfone groups is 1. The van der Waals surface area contributed by atoms with Gasteiger partial charge in [0.15, 0.2) is 27.2 Å². The second kappa shape index (κ2) is 7.40. The molecule has 0 aliphatic carbocycles. The summed E-state index contributed by atoms with van der Waals surface area (Å²) in [5.74, 6) is 1.13. The van der Waals surface area contributed by atoms with Crippen molar-refractivity contribution in [2.45, 2.75) is 37.6 Å². The standard InChI is InChI=1S/C22H24N6O4S/c1-12-9-31-10-14-11-32-17-18(22(2,3)33(4,29)30)26-20(27-21(17)28(12)14)16-13(7-23)8-25-19-15(16)5-6-24-19/h5-6,8,12,14H,9-11H2,1-4H3,(H,24,25)/t12-,14+/m1/s1. The van der Waals surface area contributed by atoms with E-state index in [1.54, 1.807) is 26.1 Å². The van der Waals surface area contributed by atoms with Crippen LogP contribution < -0.4 is 9.64 Å². The number of anilines is 1. The van der Waals surface area contributed by atoms with Gasteiger partial charge in [-0.15, -0.1) is 0 Å². The molecule has 33 heavy (non-hydrogen) atoms. The maximum atomic E-state index is 12.8. The van der Waals surface area contributed by atoms with E-state index in [0.29, 0.717) is 53.5 Å². The maximum Gasteiger partial charge on any atom is 0.185 e. The van der Waals surface area contributed by atoms with Crippen LogP contribution in [-0.4, -0.2) is 66.5 Å². The van der Waals surface area contributed by atoms with Gasteiger partial charge in [0, 0.05) is 29.6 Å². The summed E-state index contributed by atoms with van der Waals surface area (Å²) in [6, 6.07) is 3.92. The van der Waals surface area contributed by atoms with Crippen LogP contribution in [0.3, 0.4) is 0 Å². The quantitative estimate of drug-likeness (QED) is 0.613. The van der Waals surface area contributed by atoms with Crippen LogP contribution in [0.25, 0.3) is 22.4 Å². The van der Waals surface area contributed by atoms with Crippen molar-refractivity contribution in [1.29, 1.82) is 5.26 Å². The molecule has 11 heteroatoms. The van der Waals surface area contributed by atoms with E-state index in [9.17, 15) is 13.7 Å². The highest BCUT2D eigenvalue weighted by Gasteiger charge is 2.44. The first kappa shape index (κ1) is 21.6. The number of rotatable bonds is 3. The summed E-state index contributed by atoms with van der Waals surface area (Å²) in [5, 5.41) is 10.5. The SMILES string of the molecule is C[C@@H]1COC[C@H]2COc3c(nc(-c4c(C#N)cnc5[nH]ccc45)nc3C(C)(C)S(C)(=O)=O)N21. The number of H-pyrrole nitrogens is 1. The second-order valence-electron chi connectivity index (χ2n) is 8.99. The van der Waals surface area contributed by atoms with Crippen molar-refractivity contribution in [2.75, 3.05) is 31.0 Å². The number of aromatic amines is 1. The fourth-order valence-corrected chi connectivity index (χ4v) is 4.85. The van der Waals surface area contributed by atoms with Gasteiger partial charge in [0.2, 0.25) is 0 Å². The third kappa shape index (κ3) is 3.24. The number of hydrogen-bond acceptors (Lipinski definition) is 9. The van der Waals surface area contributed by atoms with Crippen LogP contribution >= 0.6 is 0 Å². The fraction of sp³-hybridized carbons (Fsp3) is 0.455. The Morgan fingerprint density at radius 3 is 2.79 bits per heavy atom. The van der Waals surface area contributed by atoms with Gasteiger partial charge in [0.1, 0.15) is 28.8 Å². The normalized spacial score (nSPS) is 20.6. The van der Waals surface area contributed by atoms with E-state index in [-0.39, 0.29) is 23.6 Å². The van der Waals surface area contributed by atoms with E-state index in [1.165, 1.54) is 12.5 Å². The highest BCUT2D eigenvalue weighted by Crippen LogP contribution is 2.45. The lowest BCUT2D eigenvalue weighted by Crippen LogP contribution is -2.56. The van der Waals surface area contributed by atoms with Crippen LogP contribution in [-0.2, 0) is 19.3 Å². The largest absolute Gasteiger partial charge is 0.486 e. The van der Waals surface area contributed by atoms with Crippen molar-refractivity contribution < 1.29 is 17.9 Å². The van der Waals surface area contributed by atoms with Crippen LogP contribution in [0.2, 0.25) is 0 Å². The Bertz CT molecular complexity index is 1410. The lowest BCUT2D eigenvalue weighted by atomic mass is 10.0. The van der Waals surface area contributed by atoms with E-state index in [0.717, 1.165) is 0 Å². The van der Waals surface area contributed by atoms with Crippen LogP contribution in [0.4, 0.5) is 5.82 Å². The Hall–Kier alpha value is -3.23. The monoisotopic (exact) mass is 468 g/mol. The number of hydrogen-bond donors (Lipinski definition) is 1. The summed E-state index contributed by atoms with van der Waals surface area (Å²) in [6.07, 6.45) is 4.38. The molecule has 0 saturated carbocycles. The van der Waals surface area contributed by atoms with E-state index >= 15 is 0 Å².